The smallest absolute Gasteiger partial charge is 0.382 e. The van der Waals surface area contributed by atoms with E-state index in [2.05, 4.69) is 20.6 Å². The molecule has 7 nitrogen and oxygen atoms in total. The van der Waals surface area contributed by atoms with Crippen molar-refractivity contribution in [2.75, 3.05) is 17.6 Å². The summed E-state index contributed by atoms with van der Waals surface area (Å²) in [6.45, 7) is 6.39. The van der Waals surface area contributed by atoms with E-state index in [9.17, 15) is 18.0 Å². The molecule has 0 saturated carbocycles. The number of rotatable bonds is 4. The summed E-state index contributed by atoms with van der Waals surface area (Å²) in [7, 11) is 0. The maximum absolute atomic E-state index is 12.6. The van der Waals surface area contributed by atoms with Crippen molar-refractivity contribution in [2.45, 2.75) is 33.5 Å². The summed E-state index contributed by atoms with van der Waals surface area (Å²) in [4.78, 5) is 20.8. The van der Waals surface area contributed by atoms with Gasteiger partial charge in [-0.05, 0) is 50.6 Å². The van der Waals surface area contributed by atoms with Gasteiger partial charge in [-0.15, -0.1) is 0 Å². The predicted octanol–water partition coefficient (Wildman–Crippen LogP) is 3.78. The molecule has 0 bridgehead atoms. The van der Waals surface area contributed by atoms with Gasteiger partial charge in [-0.1, -0.05) is 0 Å². The lowest BCUT2D eigenvalue weighted by atomic mass is 10.2. The summed E-state index contributed by atoms with van der Waals surface area (Å²) < 4.78 is 39.7. The Morgan fingerprint density at radius 3 is 2.41 bits per heavy atom. The molecule has 0 saturated heterocycles. The Bertz CT molecular complexity index is 1060. The fourth-order valence-corrected chi connectivity index (χ4v) is 3.08. The standard InChI is InChI=1S/C19H21F3N6O/c1-10-11(2)25-17(23)15-16(10)28(12(3)26-15)9-8-24-18(29)27-14-6-4-13(5-7-14)19(20,21)22/h4-7H,8-9H2,1-3H3,(H2,23,25)(H2,24,27,29). The van der Waals surface area contributed by atoms with E-state index < -0.39 is 17.8 Å². The van der Waals surface area contributed by atoms with Crippen LogP contribution in [0, 0.1) is 20.8 Å². The number of nitrogens with zero attached hydrogens (tertiary/aromatic N) is 3. The van der Waals surface area contributed by atoms with Gasteiger partial charge in [-0.3, -0.25) is 0 Å². The molecule has 0 radical (unpaired) electrons. The van der Waals surface area contributed by atoms with Crippen LogP contribution in [-0.2, 0) is 12.7 Å². The zero-order valence-electron chi connectivity index (χ0n) is 16.2. The van der Waals surface area contributed by atoms with Crippen LogP contribution in [0.4, 0.5) is 29.5 Å². The number of halogens is 3. The maximum Gasteiger partial charge on any atom is 0.416 e. The third kappa shape index (κ3) is 4.25. The van der Waals surface area contributed by atoms with Crippen LogP contribution in [0.15, 0.2) is 24.3 Å². The molecule has 2 amide bonds. The molecule has 0 fully saturated rings. The Hall–Kier alpha value is -3.30. The first-order valence-electron chi connectivity index (χ1n) is 8.89. The van der Waals surface area contributed by atoms with Crippen LogP contribution in [0.1, 0.15) is 22.6 Å². The van der Waals surface area contributed by atoms with Crippen LogP contribution in [0.25, 0.3) is 11.0 Å². The molecule has 2 heterocycles. The van der Waals surface area contributed by atoms with Crippen molar-refractivity contribution in [1.29, 1.82) is 0 Å². The zero-order chi connectivity index (χ0) is 21.3. The average molecular weight is 406 g/mol. The predicted molar refractivity (Wildman–Crippen MR) is 105 cm³/mol. The number of urea groups is 1. The highest BCUT2D eigenvalue weighted by Crippen LogP contribution is 2.30. The number of anilines is 2. The van der Waals surface area contributed by atoms with Gasteiger partial charge in [0, 0.05) is 24.5 Å². The van der Waals surface area contributed by atoms with Crippen LogP contribution in [0.2, 0.25) is 0 Å². The van der Waals surface area contributed by atoms with Crippen molar-refractivity contribution in [3.63, 3.8) is 0 Å². The molecule has 3 aromatic rings. The first kappa shape index (κ1) is 20.4. The van der Waals surface area contributed by atoms with E-state index >= 15 is 0 Å². The summed E-state index contributed by atoms with van der Waals surface area (Å²) in [5.41, 5.74) is 8.74. The lowest BCUT2D eigenvalue weighted by molar-refractivity contribution is -0.137. The number of benzene rings is 1. The molecule has 0 atom stereocenters. The third-order valence-corrected chi connectivity index (χ3v) is 4.68. The number of alkyl halides is 3. The molecule has 2 aromatic heterocycles. The lowest BCUT2D eigenvalue weighted by Crippen LogP contribution is -2.31. The van der Waals surface area contributed by atoms with Crippen molar-refractivity contribution in [3.05, 3.63) is 46.9 Å². The van der Waals surface area contributed by atoms with E-state index in [1.165, 1.54) is 12.1 Å². The van der Waals surface area contributed by atoms with Crippen molar-refractivity contribution in [2.24, 2.45) is 0 Å². The van der Waals surface area contributed by atoms with Crippen LogP contribution in [-0.4, -0.2) is 27.1 Å². The fourth-order valence-electron chi connectivity index (χ4n) is 3.08. The SMILES string of the molecule is Cc1nc(N)c2nc(C)n(CCNC(=O)Nc3ccc(C(F)(F)F)cc3)c2c1C. The van der Waals surface area contributed by atoms with Crippen molar-refractivity contribution >= 4 is 28.6 Å². The monoisotopic (exact) mass is 406 g/mol. The summed E-state index contributed by atoms with van der Waals surface area (Å²) in [6.07, 6.45) is -4.42. The van der Waals surface area contributed by atoms with Gasteiger partial charge in [-0.25, -0.2) is 14.8 Å². The van der Waals surface area contributed by atoms with Crippen molar-refractivity contribution < 1.29 is 18.0 Å². The number of imidazole rings is 1. The lowest BCUT2D eigenvalue weighted by Gasteiger charge is -2.12. The van der Waals surface area contributed by atoms with Gasteiger partial charge < -0.3 is 20.9 Å². The Morgan fingerprint density at radius 1 is 1.14 bits per heavy atom. The van der Waals surface area contributed by atoms with Gasteiger partial charge in [0.1, 0.15) is 11.3 Å². The van der Waals surface area contributed by atoms with E-state index in [-0.39, 0.29) is 5.69 Å². The minimum atomic E-state index is -4.42. The molecule has 154 valence electrons. The fraction of sp³-hybridized carbons (Fsp3) is 0.316. The molecule has 3 rings (SSSR count). The van der Waals surface area contributed by atoms with Gasteiger partial charge in [0.05, 0.1) is 11.1 Å². The van der Waals surface area contributed by atoms with Crippen LogP contribution >= 0.6 is 0 Å². The second-order valence-corrected chi connectivity index (χ2v) is 6.67. The Morgan fingerprint density at radius 2 is 1.79 bits per heavy atom. The number of hydrogen-bond donors (Lipinski definition) is 3. The van der Waals surface area contributed by atoms with E-state index in [1.54, 1.807) is 0 Å². The van der Waals surface area contributed by atoms with Crippen LogP contribution in [0.3, 0.4) is 0 Å². The highest BCUT2D eigenvalue weighted by molar-refractivity contribution is 5.90. The van der Waals surface area contributed by atoms with Crippen molar-refractivity contribution in [1.82, 2.24) is 19.9 Å². The number of amides is 2. The number of nitrogens with two attached hydrogens (primary N) is 1. The van der Waals surface area contributed by atoms with Crippen molar-refractivity contribution in [3.8, 4) is 0 Å². The number of nitrogen functional groups attached to an aromatic ring is 1. The quantitative estimate of drug-likeness (QED) is 0.614. The van der Waals surface area contributed by atoms with Crippen LogP contribution in [0.5, 0.6) is 0 Å². The number of aromatic nitrogens is 3. The highest BCUT2D eigenvalue weighted by Gasteiger charge is 2.30. The maximum atomic E-state index is 12.6. The largest absolute Gasteiger partial charge is 0.416 e. The molecule has 0 unspecified atom stereocenters. The third-order valence-electron chi connectivity index (χ3n) is 4.68. The van der Waals surface area contributed by atoms with Gasteiger partial charge in [0.25, 0.3) is 0 Å². The number of fused-ring (bicyclic) bond motifs is 1. The summed E-state index contributed by atoms with van der Waals surface area (Å²) in [6, 6.07) is 3.73. The molecule has 0 aliphatic carbocycles. The van der Waals surface area contributed by atoms with E-state index in [0.29, 0.717) is 24.4 Å². The minimum absolute atomic E-state index is 0.269. The van der Waals surface area contributed by atoms with E-state index in [1.807, 2.05) is 25.3 Å². The molecule has 1 aromatic carbocycles. The van der Waals surface area contributed by atoms with Gasteiger partial charge >= 0.3 is 12.2 Å². The second kappa shape index (κ2) is 7.61. The number of pyridine rings is 1. The van der Waals surface area contributed by atoms with Crippen LogP contribution < -0.4 is 16.4 Å². The number of aryl methyl sites for hydroxylation is 3. The van der Waals surface area contributed by atoms with E-state index in [4.69, 9.17) is 5.73 Å². The topological polar surface area (TPSA) is 97.9 Å². The molecular weight excluding hydrogens is 385 g/mol. The summed E-state index contributed by atoms with van der Waals surface area (Å²) in [5.74, 6) is 1.10. The summed E-state index contributed by atoms with van der Waals surface area (Å²) >= 11 is 0. The van der Waals surface area contributed by atoms with Gasteiger partial charge in [-0.2, -0.15) is 13.2 Å². The summed E-state index contributed by atoms with van der Waals surface area (Å²) in [5, 5.41) is 5.20. The zero-order valence-corrected chi connectivity index (χ0v) is 16.2. The molecule has 29 heavy (non-hydrogen) atoms. The number of carbonyl (C=O) groups is 1. The molecule has 0 aliphatic rings. The Kier molecular flexibility index (Phi) is 5.36. The number of carbonyl (C=O) groups excluding carboxylic acids is 1. The molecule has 10 heteroatoms. The molecule has 0 spiro atoms. The first-order chi connectivity index (χ1) is 13.6. The second-order valence-electron chi connectivity index (χ2n) is 6.67. The Balaban J connectivity index is 1.64. The average Bonchev–Trinajstić information content (AvgIpc) is 2.97. The van der Waals surface area contributed by atoms with Gasteiger partial charge in [0.15, 0.2) is 5.82 Å². The molecule has 0 aliphatic heterocycles. The minimum Gasteiger partial charge on any atom is -0.382 e. The number of nitrogens with one attached hydrogen (secondary N) is 2. The first-order valence-corrected chi connectivity index (χ1v) is 8.89. The molecule has 4 N–H and O–H groups in total. The number of hydrogen-bond acceptors (Lipinski definition) is 4. The Labute approximate surface area is 165 Å². The van der Waals surface area contributed by atoms with E-state index in [0.717, 1.165) is 34.7 Å². The highest BCUT2D eigenvalue weighted by atomic mass is 19.4. The molecular formula is C19H21F3N6O. The van der Waals surface area contributed by atoms with Gasteiger partial charge in [0.2, 0.25) is 0 Å². The normalized spacial score (nSPS) is 11.7.